The van der Waals surface area contributed by atoms with Gasteiger partial charge in [-0.3, -0.25) is 4.68 Å². The fourth-order valence-corrected chi connectivity index (χ4v) is 1.97. The molecule has 96 valence electrons. The lowest BCUT2D eigenvalue weighted by molar-refractivity contribution is 0.723. The molecule has 0 saturated carbocycles. The topological polar surface area (TPSA) is 47.1 Å². The van der Waals surface area contributed by atoms with E-state index in [2.05, 4.69) is 47.3 Å². The van der Waals surface area contributed by atoms with Crippen molar-refractivity contribution in [3.63, 3.8) is 0 Å². The SMILES string of the molecule is CCN(Cc1ccn(C)n1)c1ccc(CN)cc1. The molecule has 0 unspecified atom stereocenters. The summed E-state index contributed by atoms with van der Waals surface area (Å²) in [5.74, 6) is 0. The average molecular weight is 244 g/mol. The molecular weight excluding hydrogens is 224 g/mol. The Morgan fingerprint density at radius 1 is 1.22 bits per heavy atom. The van der Waals surface area contributed by atoms with Gasteiger partial charge in [0.1, 0.15) is 0 Å². The molecule has 18 heavy (non-hydrogen) atoms. The number of benzene rings is 1. The van der Waals surface area contributed by atoms with Crippen molar-refractivity contribution in [3.05, 3.63) is 47.8 Å². The molecule has 0 bridgehead atoms. The molecule has 4 heteroatoms. The smallest absolute Gasteiger partial charge is 0.0817 e. The summed E-state index contributed by atoms with van der Waals surface area (Å²) in [4.78, 5) is 2.29. The fraction of sp³-hybridized carbons (Fsp3) is 0.357. The third-order valence-corrected chi connectivity index (χ3v) is 3.04. The van der Waals surface area contributed by atoms with Crippen LogP contribution in [-0.4, -0.2) is 16.3 Å². The molecule has 0 aliphatic heterocycles. The standard InChI is InChI=1S/C14H20N4/c1-3-18(11-13-8-9-17(2)16-13)14-6-4-12(10-15)5-7-14/h4-9H,3,10-11,15H2,1-2H3. The van der Waals surface area contributed by atoms with E-state index in [1.165, 1.54) is 5.69 Å². The van der Waals surface area contributed by atoms with E-state index in [1.807, 2.05) is 17.9 Å². The first-order valence-electron chi connectivity index (χ1n) is 6.25. The van der Waals surface area contributed by atoms with Crippen molar-refractivity contribution in [1.82, 2.24) is 9.78 Å². The first kappa shape index (κ1) is 12.6. The minimum atomic E-state index is 0.590. The lowest BCUT2D eigenvalue weighted by Gasteiger charge is -2.22. The van der Waals surface area contributed by atoms with Gasteiger partial charge < -0.3 is 10.6 Å². The van der Waals surface area contributed by atoms with Gasteiger partial charge in [-0.2, -0.15) is 5.10 Å². The first-order chi connectivity index (χ1) is 8.72. The van der Waals surface area contributed by atoms with Crippen molar-refractivity contribution in [3.8, 4) is 0 Å². The van der Waals surface area contributed by atoms with E-state index in [1.54, 1.807) is 0 Å². The molecule has 0 atom stereocenters. The largest absolute Gasteiger partial charge is 0.366 e. The Hall–Kier alpha value is -1.81. The maximum absolute atomic E-state index is 5.61. The van der Waals surface area contributed by atoms with Crippen molar-refractivity contribution >= 4 is 5.69 Å². The number of hydrogen-bond donors (Lipinski definition) is 1. The maximum Gasteiger partial charge on any atom is 0.0817 e. The van der Waals surface area contributed by atoms with E-state index in [4.69, 9.17) is 5.73 Å². The summed E-state index contributed by atoms with van der Waals surface area (Å²) in [5.41, 5.74) is 9.06. The van der Waals surface area contributed by atoms with E-state index in [-0.39, 0.29) is 0 Å². The van der Waals surface area contributed by atoms with Crippen LogP contribution in [0, 0.1) is 0 Å². The molecule has 1 heterocycles. The van der Waals surface area contributed by atoms with Crippen molar-refractivity contribution in [2.75, 3.05) is 11.4 Å². The molecule has 0 fully saturated rings. The molecule has 2 aromatic rings. The van der Waals surface area contributed by atoms with Crippen LogP contribution >= 0.6 is 0 Å². The Morgan fingerprint density at radius 3 is 2.44 bits per heavy atom. The normalized spacial score (nSPS) is 10.6. The van der Waals surface area contributed by atoms with Gasteiger partial charge in [-0.1, -0.05) is 12.1 Å². The molecule has 0 aliphatic rings. The van der Waals surface area contributed by atoms with Crippen LogP contribution in [0.3, 0.4) is 0 Å². The molecule has 0 saturated heterocycles. The van der Waals surface area contributed by atoms with E-state index in [9.17, 15) is 0 Å². The van der Waals surface area contributed by atoms with Crippen LogP contribution in [-0.2, 0) is 20.1 Å². The fourth-order valence-electron chi connectivity index (χ4n) is 1.97. The van der Waals surface area contributed by atoms with Crippen LogP contribution < -0.4 is 10.6 Å². The molecule has 0 amide bonds. The van der Waals surface area contributed by atoms with E-state index in [0.29, 0.717) is 6.54 Å². The van der Waals surface area contributed by atoms with Gasteiger partial charge in [-0.15, -0.1) is 0 Å². The predicted molar refractivity (Wildman–Crippen MR) is 74.3 cm³/mol. The van der Waals surface area contributed by atoms with Gasteiger partial charge in [-0.25, -0.2) is 0 Å². The maximum atomic E-state index is 5.61. The van der Waals surface area contributed by atoms with Crippen LogP contribution in [0.25, 0.3) is 0 Å². The molecule has 0 radical (unpaired) electrons. The van der Waals surface area contributed by atoms with E-state index >= 15 is 0 Å². The monoisotopic (exact) mass is 244 g/mol. The minimum Gasteiger partial charge on any atom is -0.366 e. The lowest BCUT2D eigenvalue weighted by atomic mass is 10.2. The highest BCUT2D eigenvalue weighted by Gasteiger charge is 2.07. The molecule has 4 nitrogen and oxygen atoms in total. The van der Waals surface area contributed by atoms with Crippen LogP contribution in [0.1, 0.15) is 18.2 Å². The summed E-state index contributed by atoms with van der Waals surface area (Å²) < 4.78 is 1.83. The van der Waals surface area contributed by atoms with Gasteiger partial charge in [0.05, 0.1) is 12.2 Å². The van der Waals surface area contributed by atoms with Gasteiger partial charge in [-0.05, 0) is 30.7 Å². The van der Waals surface area contributed by atoms with Crippen molar-refractivity contribution in [2.24, 2.45) is 12.8 Å². The second kappa shape index (κ2) is 5.69. The first-order valence-corrected chi connectivity index (χ1v) is 6.25. The molecule has 1 aromatic carbocycles. The Kier molecular flexibility index (Phi) is 3.99. The average Bonchev–Trinajstić information content (AvgIpc) is 2.82. The van der Waals surface area contributed by atoms with Crippen LogP contribution in [0.4, 0.5) is 5.69 Å². The van der Waals surface area contributed by atoms with Crippen molar-refractivity contribution in [2.45, 2.75) is 20.0 Å². The Balaban J connectivity index is 2.12. The number of anilines is 1. The molecule has 2 rings (SSSR count). The van der Waals surface area contributed by atoms with Crippen LogP contribution in [0.2, 0.25) is 0 Å². The number of aryl methyl sites for hydroxylation is 1. The van der Waals surface area contributed by atoms with E-state index < -0.39 is 0 Å². The van der Waals surface area contributed by atoms with Gasteiger partial charge >= 0.3 is 0 Å². The second-order valence-electron chi connectivity index (χ2n) is 4.37. The summed E-state index contributed by atoms with van der Waals surface area (Å²) in [5, 5.41) is 4.41. The van der Waals surface area contributed by atoms with E-state index in [0.717, 1.165) is 24.3 Å². The zero-order valence-corrected chi connectivity index (χ0v) is 11.0. The molecule has 0 spiro atoms. The quantitative estimate of drug-likeness (QED) is 0.874. The summed E-state index contributed by atoms with van der Waals surface area (Å²) >= 11 is 0. The molecular formula is C14H20N4. The third-order valence-electron chi connectivity index (χ3n) is 3.04. The van der Waals surface area contributed by atoms with Crippen molar-refractivity contribution in [1.29, 1.82) is 0 Å². The highest BCUT2D eigenvalue weighted by Crippen LogP contribution is 2.17. The van der Waals surface area contributed by atoms with Gasteiger partial charge in [0.15, 0.2) is 0 Å². The van der Waals surface area contributed by atoms with Crippen molar-refractivity contribution < 1.29 is 0 Å². The second-order valence-corrected chi connectivity index (χ2v) is 4.37. The number of nitrogens with two attached hydrogens (primary N) is 1. The third kappa shape index (κ3) is 2.90. The van der Waals surface area contributed by atoms with Gasteiger partial charge in [0.2, 0.25) is 0 Å². The molecule has 1 aromatic heterocycles. The highest BCUT2D eigenvalue weighted by atomic mass is 15.3. The Morgan fingerprint density at radius 2 is 1.94 bits per heavy atom. The van der Waals surface area contributed by atoms with Crippen LogP contribution in [0.5, 0.6) is 0 Å². The minimum absolute atomic E-state index is 0.590. The Labute approximate surface area is 108 Å². The van der Waals surface area contributed by atoms with Gasteiger partial charge in [0, 0.05) is 32.0 Å². The van der Waals surface area contributed by atoms with Gasteiger partial charge in [0.25, 0.3) is 0 Å². The number of aromatic nitrogens is 2. The summed E-state index contributed by atoms with van der Waals surface area (Å²) in [6, 6.07) is 10.5. The van der Waals surface area contributed by atoms with Crippen LogP contribution in [0.15, 0.2) is 36.5 Å². The zero-order valence-electron chi connectivity index (χ0n) is 11.0. The summed E-state index contributed by atoms with van der Waals surface area (Å²) in [6.07, 6.45) is 1.97. The number of nitrogens with zero attached hydrogens (tertiary/aromatic N) is 3. The zero-order chi connectivity index (χ0) is 13.0. The molecule has 0 aliphatic carbocycles. The number of rotatable bonds is 5. The highest BCUT2D eigenvalue weighted by molar-refractivity contribution is 5.47. The summed E-state index contributed by atoms with van der Waals surface area (Å²) in [6.45, 7) is 4.53. The molecule has 2 N–H and O–H groups in total. The lowest BCUT2D eigenvalue weighted by Crippen LogP contribution is -2.22. The Bertz CT molecular complexity index is 487. The predicted octanol–water partition coefficient (Wildman–Crippen LogP) is 1.91. The number of hydrogen-bond acceptors (Lipinski definition) is 3. The summed E-state index contributed by atoms with van der Waals surface area (Å²) in [7, 11) is 1.94.